The first-order valence-corrected chi connectivity index (χ1v) is 8.67. The van der Waals surface area contributed by atoms with E-state index in [2.05, 4.69) is 5.32 Å². The number of rotatable bonds is 6. The van der Waals surface area contributed by atoms with Gasteiger partial charge in [-0.3, -0.25) is 4.79 Å². The zero-order valence-corrected chi connectivity index (χ0v) is 14.3. The van der Waals surface area contributed by atoms with Gasteiger partial charge in [0.05, 0.1) is 13.7 Å². The van der Waals surface area contributed by atoms with Crippen LogP contribution in [0.1, 0.15) is 39.0 Å². The predicted octanol–water partition coefficient (Wildman–Crippen LogP) is 3.19. The van der Waals surface area contributed by atoms with E-state index >= 15 is 0 Å². The second-order valence-electron chi connectivity index (χ2n) is 6.88. The maximum absolute atomic E-state index is 12.5. The van der Waals surface area contributed by atoms with Gasteiger partial charge in [0.2, 0.25) is 0 Å². The van der Waals surface area contributed by atoms with Crippen LogP contribution in [-0.4, -0.2) is 31.5 Å². The zero-order chi connectivity index (χ0) is 17.2. The number of nitrogens with one attached hydrogen (secondary N) is 1. The highest BCUT2D eigenvalue weighted by Gasteiger charge is 2.51. The highest BCUT2D eigenvalue weighted by atomic mass is 16.5. The number of anilines is 1. The van der Waals surface area contributed by atoms with Crippen molar-refractivity contribution in [3.63, 3.8) is 0 Å². The smallest absolute Gasteiger partial charge is 0.329 e. The van der Waals surface area contributed by atoms with Crippen LogP contribution in [0.5, 0.6) is 5.75 Å². The van der Waals surface area contributed by atoms with Crippen molar-refractivity contribution in [3.8, 4) is 5.75 Å². The molecule has 130 valence electrons. The number of Topliss-reactive ketones (excluding diaryl/α,β-unsaturated/α-hetero) is 1. The highest BCUT2D eigenvalue weighted by molar-refractivity contribution is 5.91. The first-order chi connectivity index (χ1) is 11.6. The SMILES string of the molecule is CCOC(=O)C(Nc1ccc(OC)cc1)[C@@H]1CC2(CCC1=O)CC2. The van der Waals surface area contributed by atoms with Crippen LogP contribution in [0.15, 0.2) is 24.3 Å². The van der Waals surface area contributed by atoms with Crippen LogP contribution in [-0.2, 0) is 14.3 Å². The van der Waals surface area contributed by atoms with Gasteiger partial charge < -0.3 is 14.8 Å². The molecule has 0 aliphatic heterocycles. The maximum atomic E-state index is 12.5. The minimum absolute atomic E-state index is 0.173. The Labute approximate surface area is 142 Å². The minimum Gasteiger partial charge on any atom is -0.497 e. The van der Waals surface area contributed by atoms with Crippen molar-refractivity contribution in [1.29, 1.82) is 0 Å². The predicted molar refractivity (Wildman–Crippen MR) is 91.1 cm³/mol. The molecule has 0 amide bonds. The summed E-state index contributed by atoms with van der Waals surface area (Å²) in [4.78, 5) is 25.0. The molecule has 1 aromatic rings. The molecular weight excluding hydrogens is 306 g/mol. The Hall–Kier alpha value is -2.04. The lowest BCUT2D eigenvalue weighted by atomic mass is 9.74. The van der Waals surface area contributed by atoms with Gasteiger partial charge >= 0.3 is 5.97 Å². The van der Waals surface area contributed by atoms with Gasteiger partial charge in [-0.25, -0.2) is 4.79 Å². The van der Waals surface area contributed by atoms with Gasteiger partial charge in [-0.05, 0) is 62.3 Å². The molecule has 2 fully saturated rings. The number of hydrogen-bond donors (Lipinski definition) is 1. The van der Waals surface area contributed by atoms with E-state index in [4.69, 9.17) is 9.47 Å². The molecule has 2 atom stereocenters. The molecule has 3 rings (SSSR count). The maximum Gasteiger partial charge on any atom is 0.329 e. The van der Waals surface area contributed by atoms with E-state index < -0.39 is 6.04 Å². The van der Waals surface area contributed by atoms with Crippen LogP contribution in [0.25, 0.3) is 0 Å². The van der Waals surface area contributed by atoms with E-state index in [1.165, 1.54) is 12.8 Å². The van der Waals surface area contributed by atoms with Gasteiger partial charge in [0.15, 0.2) is 0 Å². The summed E-state index contributed by atoms with van der Waals surface area (Å²) in [5.41, 5.74) is 1.09. The number of methoxy groups -OCH3 is 1. The Bertz CT molecular complexity index is 606. The molecule has 24 heavy (non-hydrogen) atoms. The minimum atomic E-state index is -0.622. The van der Waals surface area contributed by atoms with E-state index in [1.54, 1.807) is 14.0 Å². The first-order valence-electron chi connectivity index (χ1n) is 8.67. The Morgan fingerprint density at radius 1 is 1.29 bits per heavy atom. The molecule has 1 aromatic carbocycles. The summed E-state index contributed by atoms with van der Waals surface area (Å²) in [6.45, 7) is 2.10. The summed E-state index contributed by atoms with van der Waals surface area (Å²) in [6.07, 6.45) is 4.69. The molecule has 1 spiro atoms. The Morgan fingerprint density at radius 3 is 2.58 bits per heavy atom. The molecule has 5 nitrogen and oxygen atoms in total. The van der Waals surface area contributed by atoms with Gasteiger partial charge in [-0.1, -0.05) is 0 Å². The Morgan fingerprint density at radius 2 is 2.00 bits per heavy atom. The molecule has 0 radical (unpaired) electrons. The molecule has 2 aliphatic rings. The fourth-order valence-corrected chi connectivity index (χ4v) is 3.61. The largest absolute Gasteiger partial charge is 0.497 e. The van der Waals surface area contributed by atoms with Gasteiger partial charge in [-0.15, -0.1) is 0 Å². The third-order valence-corrected chi connectivity index (χ3v) is 5.28. The molecule has 5 heteroatoms. The summed E-state index contributed by atoms with van der Waals surface area (Å²) in [7, 11) is 1.61. The van der Waals surface area contributed by atoms with Crippen molar-refractivity contribution >= 4 is 17.4 Å². The van der Waals surface area contributed by atoms with Crippen LogP contribution >= 0.6 is 0 Å². The van der Waals surface area contributed by atoms with Crippen LogP contribution in [0.3, 0.4) is 0 Å². The average molecular weight is 331 g/mol. The quantitative estimate of drug-likeness (QED) is 0.811. The Kier molecular flexibility index (Phi) is 4.78. The van der Waals surface area contributed by atoms with Crippen LogP contribution in [0.2, 0.25) is 0 Å². The van der Waals surface area contributed by atoms with E-state index in [0.29, 0.717) is 18.4 Å². The van der Waals surface area contributed by atoms with Gasteiger partial charge in [-0.2, -0.15) is 0 Å². The lowest BCUT2D eigenvalue weighted by Gasteiger charge is -2.33. The standard InChI is InChI=1S/C19H25NO4/c1-3-24-18(22)17(20-13-4-6-14(23-2)7-5-13)15-12-19(10-11-19)9-8-16(15)21/h4-7,15,17,20H,3,8-12H2,1-2H3/t15-,17?/m1/s1. The van der Waals surface area contributed by atoms with Crippen LogP contribution in [0, 0.1) is 11.3 Å². The third-order valence-electron chi connectivity index (χ3n) is 5.28. The summed E-state index contributed by atoms with van der Waals surface area (Å²) in [6, 6.07) is 6.74. The van der Waals surface area contributed by atoms with Crippen molar-refractivity contribution in [1.82, 2.24) is 0 Å². The summed E-state index contributed by atoms with van der Waals surface area (Å²) in [5, 5.41) is 3.23. The number of esters is 1. The molecule has 2 saturated carbocycles. The lowest BCUT2D eigenvalue weighted by Crippen LogP contribution is -2.45. The zero-order valence-electron chi connectivity index (χ0n) is 14.3. The highest BCUT2D eigenvalue weighted by Crippen LogP contribution is 2.57. The summed E-state index contributed by atoms with van der Waals surface area (Å²) < 4.78 is 10.4. The summed E-state index contributed by atoms with van der Waals surface area (Å²) in [5.74, 6) is 0.275. The third kappa shape index (κ3) is 3.55. The number of hydrogen-bond acceptors (Lipinski definition) is 5. The fourth-order valence-electron chi connectivity index (χ4n) is 3.61. The van der Waals surface area contributed by atoms with Crippen molar-refractivity contribution in [2.45, 2.75) is 45.1 Å². The normalized spacial score (nSPS) is 22.8. The molecule has 1 N–H and O–H groups in total. The van der Waals surface area contributed by atoms with Crippen molar-refractivity contribution in [2.24, 2.45) is 11.3 Å². The van der Waals surface area contributed by atoms with Gasteiger partial charge in [0.25, 0.3) is 0 Å². The van der Waals surface area contributed by atoms with E-state index in [1.807, 2.05) is 24.3 Å². The number of benzene rings is 1. The van der Waals surface area contributed by atoms with Crippen LogP contribution < -0.4 is 10.1 Å². The van der Waals surface area contributed by atoms with Gasteiger partial charge in [0, 0.05) is 18.0 Å². The fraction of sp³-hybridized carbons (Fsp3) is 0.579. The molecule has 1 unspecified atom stereocenters. The van der Waals surface area contributed by atoms with Crippen molar-refractivity contribution in [2.75, 3.05) is 19.0 Å². The van der Waals surface area contributed by atoms with E-state index in [0.717, 1.165) is 24.3 Å². The molecule has 0 heterocycles. The van der Waals surface area contributed by atoms with Crippen molar-refractivity contribution < 1.29 is 19.1 Å². The number of carbonyl (C=O) groups excluding carboxylic acids is 2. The van der Waals surface area contributed by atoms with Gasteiger partial charge in [0.1, 0.15) is 17.6 Å². The summed E-state index contributed by atoms with van der Waals surface area (Å²) >= 11 is 0. The average Bonchev–Trinajstić information content (AvgIpc) is 3.35. The monoisotopic (exact) mass is 331 g/mol. The molecule has 0 aromatic heterocycles. The Balaban J connectivity index is 1.79. The number of ketones is 1. The number of carbonyl (C=O) groups is 2. The van der Waals surface area contributed by atoms with Crippen LogP contribution in [0.4, 0.5) is 5.69 Å². The van der Waals surface area contributed by atoms with E-state index in [-0.39, 0.29) is 17.7 Å². The number of ether oxygens (including phenoxy) is 2. The van der Waals surface area contributed by atoms with Crippen molar-refractivity contribution in [3.05, 3.63) is 24.3 Å². The van der Waals surface area contributed by atoms with E-state index in [9.17, 15) is 9.59 Å². The second-order valence-corrected chi connectivity index (χ2v) is 6.88. The molecule has 0 saturated heterocycles. The molecule has 2 aliphatic carbocycles. The molecular formula is C19H25NO4. The lowest BCUT2D eigenvalue weighted by molar-refractivity contribution is -0.148. The molecule has 0 bridgehead atoms. The topological polar surface area (TPSA) is 64.6 Å². The second kappa shape index (κ2) is 6.83. The first kappa shape index (κ1) is 16.8.